The van der Waals surface area contributed by atoms with Crippen molar-refractivity contribution >= 4 is 14.0 Å². The lowest BCUT2D eigenvalue weighted by Gasteiger charge is -2.23. The predicted molar refractivity (Wildman–Crippen MR) is 67.5 cm³/mol. The zero-order chi connectivity index (χ0) is 12.1. The largest absolute Gasteiger partial charge is 0.466 e. The molecule has 0 saturated carbocycles. The van der Waals surface area contributed by atoms with Crippen LogP contribution >= 0.6 is 0 Å². The number of ether oxygens (including phenoxy) is 1. The van der Waals surface area contributed by atoms with Gasteiger partial charge >= 0.3 is 5.97 Å². The Bertz CT molecular complexity index is 272. The molecule has 0 bridgehead atoms. The van der Waals surface area contributed by atoms with E-state index in [2.05, 4.69) is 26.2 Å². The van der Waals surface area contributed by atoms with Crippen molar-refractivity contribution in [1.82, 2.24) is 0 Å². The zero-order valence-corrected chi connectivity index (χ0v) is 11.5. The number of esters is 1. The van der Waals surface area contributed by atoms with Crippen molar-refractivity contribution in [2.45, 2.75) is 39.4 Å². The summed E-state index contributed by atoms with van der Waals surface area (Å²) in [5.74, 6) is -0.198. The molecule has 0 spiro atoms. The van der Waals surface area contributed by atoms with Gasteiger partial charge in [0, 0.05) is 5.57 Å². The second-order valence-electron chi connectivity index (χ2n) is 4.67. The first-order valence-corrected chi connectivity index (χ1v) is 8.74. The van der Waals surface area contributed by atoms with E-state index in [0.717, 1.165) is 18.4 Å². The number of hydrogen-bond acceptors (Lipinski definition) is 2. The Morgan fingerprint density at radius 2 is 1.93 bits per heavy atom. The van der Waals surface area contributed by atoms with Gasteiger partial charge < -0.3 is 4.74 Å². The first-order chi connectivity index (χ1) is 6.84. The third kappa shape index (κ3) is 4.47. The number of rotatable bonds is 5. The Morgan fingerprint density at radius 1 is 1.40 bits per heavy atom. The van der Waals surface area contributed by atoms with Crippen molar-refractivity contribution in [3.8, 4) is 0 Å². The summed E-state index contributed by atoms with van der Waals surface area (Å²) in [5.41, 5.74) is 0.790. The third-order valence-electron chi connectivity index (χ3n) is 2.45. The lowest BCUT2D eigenvalue weighted by Crippen LogP contribution is -2.27. The molecule has 0 aromatic carbocycles. The number of hydrogen-bond donors (Lipinski definition) is 0. The lowest BCUT2D eigenvalue weighted by molar-refractivity contribution is -0.136. The van der Waals surface area contributed by atoms with E-state index in [-0.39, 0.29) is 5.97 Å². The number of carbonyl (C=O) groups is 1. The highest BCUT2D eigenvalue weighted by Gasteiger charge is 2.23. The van der Waals surface area contributed by atoms with Crippen molar-refractivity contribution in [2.24, 2.45) is 0 Å². The molecule has 0 aromatic rings. The molecule has 0 aliphatic rings. The molecule has 0 N–H and O–H groups in total. The summed E-state index contributed by atoms with van der Waals surface area (Å²) in [6.45, 7) is 12.3. The van der Waals surface area contributed by atoms with Gasteiger partial charge in [0.05, 0.1) is 15.2 Å². The fraction of sp³-hybridized carbons (Fsp3) is 0.583. The highest BCUT2D eigenvalue weighted by atomic mass is 28.3. The quantitative estimate of drug-likeness (QED) is 0.311. The van der Waals surface area contributed by atoms with Crippen molar-refractivity contribution in [1.29, 1.82) is 0 Å². The highest BCUT2D eigenvalue weighted by molar-refractivity contribution is 6.83. The molecule has 0 rings (SSSR count). The predicted octanol–water partition coefficient (Wildman–Crippen LogP) is 3.32. The molecule has 0 radical (unpaired) electrons. The molecule has 0 fully saturated rings. The van der Waals surface area contributed by atoms with Crippen LogP contribution in [0.15, 0.2) is 23.4 Å². The van der Waals surface area contributed by atoms with Crippen molar-refractivity contribution in [2.75, 3.05) is 7.11 Å². The molecule has 15 heavy (non-hydrogen) atoms. The summed E-state index contributed by atoms with van der Waals surface area (Å²) in [6, 6.07) is 0. The van der Waals surface area contributed by atoms with Crippen LogP contribution in [0.4, 0.5) is 0 Å². The minimum absolute atomic E-state index is 0.198. The molecular formula is C12H22O2Si. The first kappa shape index (κ1) is 14.2. The lowest BCUT2D eigenvalue weighted by atomic mass is 10.2. The molecular weight excluding hydrogens is 204 g/mol. The van der Waals surface area contributed by atoms with Crippen LogP contribution in [0.3, 0.4) is 0 Å². The van der Waals surface area contributed by atoms with Crippen LogP contribution < -0.4 is 0 Å². The molecule has 0 amide bonds. The maximum atomic E-state index is 11.5. The van der Waals surface area contributed by atoms with Gasteiger partial charge in [0.25, 0.3) is 0 Å². The summed E-state index contributed by atoms with van der Waals surface area (Å²) in [5, 5.41) is 1.29. The van der Waals surface area contributed by atoms with E-state index in [0.29, 0.717) is 0 Å². The fourth-order valence-corrected chi connectivity index (χ4v) is 3.77. The molecule has 0 saturated heterocycles. The Morgan fingerprint density at radius 3 is 2.27 bits per heavy atom. The van der Waals surface area contributed by atoms with E-state index in [1.807, 2.05) is 13.0 Å². The van der Waals surface area contributed by atoms with Gasteiger partial charge in [-0.1, -0.05) is 30.9 Å². The Hall–Kier alpha value is -0.833. The minimum Gasteiger partial charge on any atom is -0.466 e. The summed E-state index contributed by atoms with van der Waals surface area (Å²) >= 11 is 0. The summed E-state index contributed by atoms with van der Waals surface area (Å²) < 4.78 is 4.77. The molecule has 86 valence electrons. The van der Waals surface area contributed by atoms with Crippen LogP contribution in [0, 0.1) is 0 Å². The van der Waals surface area contributed by atoms with Crippen molar-refractivity contribution in [3.05, 3.63) is 23.4 Å². The summed E-state index contributed by atoms with van der Waals surface area (Å²) in [7, 11) is -0.00328. The molecule has 0 unspecified atom stereocenters. The van der Waals surface area contributed by atoms with Gasteiger partial charge in [0.2, 0.25) is 0 Å². The summed E-state index contributed by atoms with van der Waals surface area (Å²) in [6.07, 6.45) is 3.75. The average Bonchev–Trinajstić information content (AvgIpc) is 2.14. The average molecular weight is 226 g/mol. The van der Waals surface area contributed by atoms with Crippen LogP contribution in [0.2, 0.25) is 19.6 Å². The normalized spacial score (nSPS) is 13.1. The monoisotopic (exact) mass is 226 g/mol. The van der Waals surface area contributed by atoms with Gasteiger partial charge in [0.1, 0.15) is 0 Å². The zero-order valence-electron chi connectivity index (χ0n) is 10.5. The molecule has 0 heterocycles. The minimum atomic E-state index is -1.43. The van der Waals surface area contributed by atoms with E-state index in [9.17, 15) is 4.79 Å². The van der Waals surface area contributed by atoms with Crippen molar-refractivity contribution in [3.63, 3.8) is 0 Å². The summed E-state index contributed by atoms with van der Waals surface area (Å²) in [4.78, 5) is 11.5. The number of methoxy groups -OCH3 is 1. The van der Waals surface area contributed by atoms with Gasteiger partial charge in [-0.05, 0) is 19.8 Å². The van der Waals surface area contributed by atoms with E-state index in [1.165, 1.54) is 12.3 Å². The SMILES string of the molecule is C=CCC/C(=C(\C)C(=O)OC)[Si](C)(C)C. The van der Waals surface area contributed by atoms with E-state index >= 15 is 0 Å². The molecule has 0 aliphatic carbocycles. The van der Waals surface area contributed by atoms with Crippen LogP contribution in [0.1, 0.15) is 19.8 Å². The molecule has 0 aliphatic heterocycles. The highest BCUT2D eigenvalue weighted by Crippen LogP contribution is 2.24. The second kappa shape index (κ2) is 5.91. The number of carbonyl (C=O) groups excluding carboxylic acids is 1. The first-order valence-electron chi connectivity index (χ1n) is 5.24. The van der Waals surface area contributed by atoms with E-state index in [4.69, 9.17) is 4.74 Å². The van der Waals surface area contributed by atoms with E-state index in [1.54, 1.807) is 0 Å². The molecule has 3 heteroatoms. The van der Waals surface area contributed by atoms with Gasteiger partial charge in [0.15, 0.2) is 0 Å². The van der Waals surface area contributed by atoms with Gasteiger partial charge in [-0.25, -0.2) is 4.79 Å². The molecule has 0 aromatic heterocycles. The standard InChI is InChI=1S/C12H22O2Si/c1-7-8-9-11(15(4,5)6)10(2)12(13)14-3/h7H,1,8-9H2,2-6H3/b11-10-. The molecule has 0 atom stereocenters. The Labute approximate surface area is 94.0 Å². The van der Waals surface area contributed by atoms with Crippen LogP contribution in [0.5, 0.6) is 0 Å². The molecule has 2 nitrogen and oxygen atoms in total. The van der Waals surface area contributed by atoms with Crippen LogP contribution in [-0.4, -0.2) is 21.2 Å². The Balaban J connectivity index is 5.06. The van der Waals surface area contributed by atoms with Crippen LogP contribution in [0.25, 0.3) is 0 Å². The topological polar surface area (TPSA) is 26.3 Å². The van der Waals surface area contributed by atoms with Crippen molar-refractivity contribution < 1.29 is 9.53 Å². The maximum absolute atomic E-state index is 11.5. The van der Waals surface area contributed by atoms with Gasteiger partial charge in [-0.2, -0.15) is 0 Å². The Kier molecular flexibility index (Phi) is 5.58. The maximum Gasteiger partial charge on any atom is 0.332 e. The van der Waals surface area contributed by atoms with Gasteiger partial charge in [-0.3, -0.25) is 0 Å². The van der Waals surface area contributed by atoms with Gasteiger partial charge in [-0.15, -0.1) is 6.58 Å². The van der Waals surface area contributed by atoms with Crippen LogP contribution in [-0.2, 0) is 9.53 Å². The fourth-order valence-electron chi connectivity index (χ4n) is 1.65. The second-order valence-corrected chi connectivity index (χ2v) is 9.78. The third-order valence-corrected chi connectivity index (χ3v) is 4.88. The number of allylic oxidation sites excluding steroid dienone is 2. The van der Waals surface area contributed by atoms with E-state index < -0.39 is 8.07 Å². The smallest absolute Gasteiger partial charge is 0.332 e.